The molecule has 1 nitrogen and oxygen atoms in total. The Kier molecular flexibility index (Phi) is 3.63. The van der Waals surface area contributed by atoms with Gasteiger partial charge in [-0.2, -0.15) is 0 Å². The molecule has 98 valence electrons. The van der Waals surface area contributed by atoms with E-state index in [2.05, 4.69) is 53.1 Å². The summed E-state index contributed by atoms with van der Waals surface area (Å²) in [6.07, 6.45) is 3.51. The Balaban J connectivity index is 2.64. The van der Waals surface area contributed by atoms with E-state index in [9.17, 15) is 0 Å². The van der Waals surface area contributed by atoms with Gasteiger partial charge in [0.2, 0.25) is 0 Å². The first kappa shape index (κ1) is 13.4. The molecule has 1 heteroatoms. The molecule has 0 N–H and O–H groups in total. The lowest BCUT2D eigenvalue weighted by Gasteiger charge is -2.27. The minimum Gasteiger partial charge on any atom is -0.295 e. The fourth-order valence-electron chi connectivity index (χ4n) is 3.20. The van der Waals surface area contributed by atoms with Crippen molar-refractivity contribution >= 4 is 11.3 Å². The number of fused-ring (bicyclic) bond motifs is 1. The van der Waals surface area contributed by atoms with Gasteiger partial charge in [-0.15, -0.1) is 0 Å². The molecule has 1 heterocycles. The van der Waals surface area contributed by atoms with E-state index in [1.165, 1.54) is 24.1 Å². The zero-order valence-corrected chi connectivity index (χ0v) is 12.5. The summed E-state index contributed by atoms with van der Waals surface area (Å²) in [5.74, 6) is 0. The van der Waals surface area contributed by atoms with Crippen molar-refractivity contribution in [3.05, 3.63) is 34.9 Å². The van der Waals surface area contributed by atoms with Crippen molar-refractivity contribution in [3.8, 4) is 0 Å². The summed E-state index contributed by atoms with van der Waals surface area (Å²) in [6, 6.07) is 6.86. The molecule has 2 rings (SSSR count). The Morgan fingerprint density at radius 3 is 2.50 bits per heavy atom. The molecule has 0 aromatic heterocycles. The van der Waals surface area contributed by atoms with Crippen molar-refractivity contribution in [1.82, 2.24) is 4.48 Å². The predicted molar refractivity (Wildman–Crippen MR) is 81.8 cm³/mol. The van der Waals surface area contributed by atoms with E-state index in [1.54, 1.807) is 16.8 Å². The Morgan fingerprint density at radius 2 is 1.89 bits per heavy atom. The van der Waals surface area contributed by atoms with Crippen LogP contribution in [-0.2, 0) is 6.42 Å². The van der Waals surface area contributed by atoms with Gasteiger partial charge in [-0.1, -0.05) is 31.6 Å². The molecule has 0 spiro atoms. The monoisotopic (exact) mass is 244 g/mol. The molecule has 0 fully saturated rings. The van der Waals surface area contributed by atoms with Crippen LogP contribution in [0.3, 0.4) is 0 Å². The normalized spacial score (nSPS) is 18.5. The smallest absolute Gasteiger partial charge is 0.143 e. The highest BCUT2D eigenvalue weighted by Crippen LogP contribution is 2.40. The Hall–Kier alpha value is -1.08. The molecule has 0 atom stereocenters. The molecule has 0 radical (unpaired) electrons. The van der Waals surface area contributed by atoms with Gasteiger partial charge >= 0.3 is 0 Å². The molecule has 18 heavy (non-hydrogen) atoms. The van der Waals surface area contributed by atoms with Crippen LogP contribution in [0, 0.1) is 0 Å². The second kappa shape index (κ2) is 4.89. The van der Waals surface area contributed by atoms with Gasteiger partial charge in [-0.05, 0) is 31.4 Å². The van der Waals surface area contributed by atoms with Crippen LogP contribution < -0.4 is 4.48 Å². The summed E-state index contributed by atoms with van der Waals surface area (Å²) in [5, 5.41) is 0. The van der Waals surface area contributed by atoms with Crippen molar-refractivity contribution in [3.63, 3.8) is 0 Å². The summed E-state index contributed by atoms with van der Waals surface area (Å²) in [5.41, 5.74) is 7.70. The Labute approximate surface area is 112 Å². The van der Waals surface area contributed by atoms with E-state index in [0.717, 1.165) is 17.3 Å². The van der Waals surface area contributed by atoms with Crippen LogP contribution in [0.5, 0.6) is 0 Å². The molecule has 1 aliphatic heterocycles. The van der Waals surface area contributed by atoms with E-state index in [0.29, 0.717) is 0 Å². The van der Waals surface area contributed by atoms with E-state index >= 15 is 0 Å². The van der Waals surface area contributed by atoms with Crippen LogP contribution in [0.2, 0.25) is 0 Å². The molecular weight excluding hydrogens is 218 g/mol. The molecule has 0 bridgehead atoms. The van der Waals surface area contributed by atoms with Gasteiger partial charge in [0, 0.05) is 17.5 Å². The number of hydrogen-bond acceptors (Lipinski definition) is 0. The maximum absolute atomic E-state index is 2.34. The first-order valence-electron chi connectivity index (χ1n) is 7.15. The average Bonchev–Trinajstić information content (AvgIpc) is 2.67. The number of likely N-dealkylation sites (N-methyl/N-ethyl adjacent to an activating group) is 1. The zero-order valence-electron chi connectivity index (χ0n) is 12.5. The largest absolute Gasteiger partial charge is 0.295 e. The van der Waals surface area contributed by atoms with Gasteiger partial charge in [0.15, 0.2) is 0 Å². The summed E-state index contributed by atoms with van der Waals surface area (Å²) in [7, 11) is 4.67. The van der Waals surface area contributed by atoms with Crippen LogP contribution >= 0.6 is 0 Å². The van der Waals surface area contributed by atoms with Gasteiger partial charge in [0.25, 0.3) is 0 Å². The fraction of sp³-hybridized carbons (Fsp3) is 0.529. The highest BCUT2D eigenvalue weighted by Gasteiger charge is 2.33. The van der Waals surface area contributed by atoms with Gasteiger partial charge in [-0.3, -0.25) is 4.48 Å². The molecule has 0 unspecified atom stereocenters. The topological polar surface area (TPSA) is 0 Å². The number of para-hydroxylation sites is 1. The molecule has 1 aromatic carbocycles. The van der Waals surface area contributed by atoms with E-state index < -0.39 is 0 Å². The summed E-state index contributed by atoms with van der Waals surface area (Å²) < 4.78 is 1.03. The minimum atomic E-state index is 1.03. The number of quaternary nitrogens is 1. The second-order valence-corrected chi connectivity index (χ2v) is 5.94. The maximum atomic E-state index is 2.34. The maximum Gasteiger partial charge on any atom is 0.143 e. The molecule has 0 saturated heterocycles. The van der Waals surface area contributed by atoms with Crippen molar-refractivity contribution in [2.24, 2.45) is 0 Å². The van der Waals surface area contributed by atoms with Crippen LogP contribution in [0.4, 0.5) is 5.69 Å². The van der Waals surface area contributed by atoms with E-state index in [4.69, 9.17) is 0 Å². The number of nitrogens with zero attached hydrogens (tertiary/aromatic N) is 1. The number of rotatable bonds is 3. The lowest BCUT2D eigenvalue weighted by Crippen LogP contribution is -2.38. The highest BCUT2D eigenvalue weighted by atomic mass is 15.3. The zero-order chi connectivity index (χ0) is 13.3. The third-order valence-corrected chi connectivity index (χ3v) is 4.39. The van der Waals surface area contributed by atoms with Crippen molar-refractivity contribution in [2.75, 3.05) is 20.6 Å². The van der Waals surface area contributed by atoms with Gasteiger partial charge < -0.3 is 0 Å². The molecule has 0 amide bonds. The molecule has 1 aromatic rings. The van der Waals surface area contributed by atoms with Gasteiger partial charge in [-0.25, -0.2) is 0 Å². The summed E-state index contributed by atoms with van der Waals surface area (Å²) in [6.45, 7) is 8.05. The average molecular weight is 244 g/mol. The van der Waals surface area contributed by atoms with Crippen molar-refractivity contribution in [1.29, 1.82) is 0 Å². The lowest BCUT2D eigenvalue weighted by atomic mass is 9.93. The first-order chi connectivity index (χ1) is 8.51. The first-order valence-corrected chi connectivity index (χ1v) is 7.15. The van der Waals surface area contributed by atoms with Crippen molar-refractivity contribution in [2.45, 2.75) is 40.0 Å². The van der Waals surface area contributed by atoms with Crippen molar-refractivity contribution < 1.29 is 0 Å². The SMILES string of the molecule is CCC(C)=C(CC)c1cccc2c1[N+](C)(C)CC2. The highest BCUT2D eigenvalue weighted by molar-refractivity contribution is 5.80. The molecule has 1 aliphatic rings. The number of hydrogen-bond donors (Lipinski definition) is 0. The van der Waals surface area contributed by atoms with Crippen LogP contribution in [0.15, 0.2) is 23.8 Å². The van der Waals surface area contributed by atoms with E-state index in [1.807, 2.05) is 0 Å². The number of benzene rings is 1. The molecule has 0 saturated carbocycles. The van der Waals surface area contributed by atoms with Gasteiger partial charge in [0.1, 0.15) is 5.69 Å². The Bertz CT molecular complexity index is 480. The lowest BCUT2D eigenvalue weighted by molar-refractivity contribution is 0.432. The third-order valence-electron chi connectivity index (χ3n) is 4.39. The fourth-order valence-corrected chi connectivity index (χ4v) is 3.20. The standard InChI is InChI=1S/C17H26N/c1-6-13(3)15(7-2)16-10-8-9-14-11-12-18(4,5)17(14)16/h8-10H,6-7,11-12H2,1-5H3/q+1. The summed E-state index contributed by atoms with van der Waals surface area (Å²) >= 11 is 0. The minimum absolute atomic E-state index is 1.03. The molecular formula is C17H26N+. The van der Waals surface area contributed by atoms with E-state index in [-0.39, 0.29) is 0 Å². The van der Waals surface area contributed by atoms with Gasteiger partial charge in [0.05, 0.1) is 20.6 Å². The van der Waals surface area contributed by atoms with Crippen LogP contribution in [0.25, 0.3) is 5.57 Å². The van der Waals surface area contributed by atoms with Crippen LogP contribution in [-0.4, -0.2) is 20.6 Å². The number of allylic oxidation sites excluding steroid dienone is 2. The predicted octanol–water partition coefficient (Wildman–Crippen LogP) is 4.40. The quantitative estimate of drug-likeness (QED) is 0.691. The summed E-state index contributed by atoms with van der Waals surface area (Å²) in [4.78, 5) is 0. The second-order valence-electron chi connectivity index (χ2n) is 5.94. The third kappa shape index (κ3) is 2.12. The molecule has 0 aliphatic carbocycles. The Morgan fingerprint density at radius 1 is 1.17 bits per heavy atom. The van der Waals surface area contributed by atoms with Crippen LogP contribution in [0.1, 0.15) is 44.7 Å².